The van der Waals surface area contributed by atoms with Crippen molar-refractivity contribution in [3.8, 4) is 39.6 Å². The summed E-state index contributed by atoms with van der Waals surface area (Å²) in [6, 6.07) is 10.2. The van der Waals surface area contributed by atoms with Gasteiger partial charge in [-0.3, -0.25) is 9.59 Å². The van der Waals surface area contributed by atoms with Gasteiger partial charge < -0.3 is 49.0 Å². The Balaban J connectivity index is 1.01. The molecule has 16 heteroatoms. The van der Waals surface area contributed by atoms with Crippen molar-refractivity contribution in [2.75, 3.05) is 33.9 Å². The molecule has 0 radical (unpaired) electrons. The summed E-state index contributed by atoms with van der Waals surface area (Å²) < 4.78 is 22.4. The Morgan fingerprint density at radius 1 is 0.767 bits per heavy atom. The minimum Gasteiger partial charge on any atom is -0.492 e. The van der Waals surface area contributed by atoms with Gasteiger partial charge in [-0.1, -0.05) is 33.8 Å². The normalized spacial score (nSPS) is 18.5. The van der Waals surface area contributed by atoms with Gasteiger partial charge in [0.15, 0.2) is 0 Å². The number of likely N-dealkylation sites (tertiary alicyclic amines) is 2. The van der Waals surface area contributed by atoms with Crippen LogP contribution in [0, 0.1) is 11.8 Å². The molecule has 3 aliphatic rings. The van der Waals surface area contributed by atoms with Crippen LogP contribution in [0.25, 0.3) is 44.8 Å². The second-order valence-corrected chi connectivity index (χ2v) is 16.4. The van der Waals surface area contributed by atoms with Crippen molar-refractivity contribution >= 4 is 35.0 Å². The molecule has 5 aromatic rings. The summed E-state index contributed by atoms with van der Waals surface area (Å²) in [5, 5.41) is 6.39. The van der Waals surface area contributed by atoms with E-state index in [1.54, 1.807) is 22.2 Å². The van der Waals surface area contributed by atoms with E-state index in [0.717, 1.165) is 76.1 Å². The molecule has 4 N–H and O–H groups in total. The van der Waals surface area contributed by atoms with E-state index in [1.807, 2.05) is 58.0 Å². The van der Waals surface area contributed by atoms with Crippen LogP contribution in [0.1, 0.15) is 82.7 Å². The van der Waals surface area contributed by atoms with Gasteiger partial charge in [-0.25, -0.2) is 19.6 Å². The Labute approximate surface area is 347 Å². The average Bonchev–Trinajstić information content (AvgIpc) is 4.10. The number of aromatic amines is 2. The molecule has 0 bridgehead atoms. The number of aromatic nitrogens is 4. The lowest BCUT2D eigenvalue weighted by Crippen LogP contribution is -2.51. The Kier molecular flexibility index (Phi) is 11.3. The van der Waals surface area contributed by atoms with Gasteiger partial charge in [0.05, 0.1) is 62.3 Å². The number of hydrogen-bond donors (Lipinski definition) is 4. The van der Waals surface area contributed by atoms with E-state index in [4.69, 9.17) is 28.6 Å². The number of carbonyl (C=O) groups excluding carboxylic acids is 4. The van der Waals surface area contributed by atoms with Crippen molar-refractivity contribution in [1.82, 2.24) is 40.4 Å². The van der Waals surface area contributed by atoms with Crippen molar-refractivity contribution in [2.45, 2.75) is 84.0 Å². The molecule has 0 spiro atoms. The molecule has 0 aliphatic carbocycles. The molecule has 4 atom stereocenters. The second-order valence-electron chi connectivity index (χ2n) is 16.4. The van der Waals surface area contributed by atoms with Crippen molar-refractivity contribution in [2.24, 2.45) is 11.8 Å². The number of benzene rings is 2. The lowest BCUT2D eigenvalue weighted by molar-refractivity contribution is -0.136. The summed E-state index contributed by atoms with van der Waals surface area (Å²) in [5.41, 5.74) is 6.11. The van der Waals surface area contributed by atoms with Crippen molar-refractivity contribution in [1.29, 1.82) is 0 Å². The lowest BCUT2D eigenvalue weighted by atomic mass is 10.0. The van der Waals surface area contributed by atoms with E-state index in [0.29, 0.717) is 43.5 Å². The van der Waals surface area contributed by atoms with E-state index in [9.17, 15) is 19.2 Å². The molecule has 0 saturated carbocycles. The van der Waals surface area contributed by atoms with E-state index in [2.05, 4.69) is 26.7 Å². The molecule has 16 nitrogen and oxygen atoms in total. The largest absolute Gasteiger partial charge is 0.492 e. The number of furan rings is 1. The van der Waals surface area contributed by atoms with E-state index in [1.165, 1.54) is 14.2 Å². The molecule has 8 rings (SSSR count). The van der Waals surface area contributed by atoms with Crippen LogP contribution in [0.15, 0.2) is 53.2 Å². The molecule has 3 aromatic heterocycles. The standard InChI is InChI=1S/C44H52N8O8/c1-23(2)36(49-43(55)57-5)41(53)51-16-7-9-32(51)39-45-21-30(47-39)25-12-14-34-29(19-25)27-15-18-59-35-20-26(11-13-28(35)38(27)60-34)31-22-46-40(48-31)33-10-8-17-52(33)42(54)37(24(3)4)50-44(56)58-6/h11-14,19-24,32-33,36-37H,7-10,15-18H2,1-6H3,(H,45,47)(H,46,48)(H,49,55)(H,50,56)/t32-,33-,36?,37-/m0/s1. The number of carbonyl (C=O) groups is 4. The molecule has 6 heterocycles. The van der Waals surface area contributed by atoms with Crippen LogP contribution in [-0.4, -0.2) is 99.7 Å². The first-order valence-corrected chi connectivity index (χ1v) is 20.7. The summed E-state index contributed by atoms with van der Waals surface area (Å²) in [6.07, 6.45) is 6.12. The van der Waals surface area contributed by atoms with Crippen LogP contribution in [0.5, 0.6) is 5.75 Å². The number of nitrogens with zero attached hydrogens (tertiary/aromatic N) is 4. The topological polar surface area (TPSA) is 197 Å². The minimum absolute atomic E-state index is 0.123. The number of amides is 4. The van der Waals surface area contributed by atoms with Crippen LogP contribution in [0.4, 0.5) is 9.59 Å². The molecule has 2 aromatic carbocycles. The van der Waals surface area contributed by atoms with Gasteiger partial charge in [0.1, 0.15) is 40.8 Å². The molecule has 2 saturated heterocycles. The maximum absolute atomic E-state index is 13.7. The lowest BCUT2D eigenvalue weighted by Gasteiger charge is -2.30. The monoisotopic (exact) mass is 820 g/mol. The number of ether oxygens (including phenoxy) is 3. The first kappa shape index (κ1) is 40.5. The Morgan fingerprint density at radius 2 is 1.30 bits per heavy atom. The third kappa shape index (κ3) is 7.66. The minimum atomic E-state index is -0.711. The Hall–Kier alpha value is -6.32. The number of H-pyrrole nitrogens is 2. The van der Waals surface area contributed by atoms with Gasteiger partial charge in [-0.2, -0.15) is 0 Å². The van der Waals surface area contributed by atoms with Crippen LogP contribution >= 0.6 is 0 Å². The summed E-state index contributed by atoms with van der Waals surface area (Å²) in [4.78, 5) is 71.4. The average molecular weight is 821 g/mol. The van der Waals surface area contributed by atoms with Gasteiger partial charge in [0.2, 0.25) is 11.8 Å². The number of imidazole rings is 2. The fourth-order valence-electron chi connectivity index (χ4n) is 8.73. The van der Waals surface area contributed by atoms with Gasteiger partial charge in [-0.05, 0) is 67.9 Å². The first-order chi connectivity index (χ1) is 28.9. The zero-order valence-electron chi connectivity index (χ0n) is 34.8. The predicted octanol–water partition coefficient (Wildman–Crippen LogP) is 6.90. The van der Waals surface area contributed by atoms with Crippen LogP contribution in [-0.2, 0) is 25.5 Å². The summed E-state index contributed by atoms with van der Waals surface area (Å²) in [7, 11) is 2.57. The van der Waals surface area contributed by atoms with Gasteiger partial charge in [0, 0.05) is 41.6 Å². The number of nitrogens with one attached hydrogen (secondary N) is 4. The van der Waals surface area contributed by atoms with Crippen molar-refractivity contribution in [3.05, 3.63) is 66.0 Å². The predicted molar refractivity (Wildman–Crippen MR) is 222 cm³/mol. The third-order valence-corrected chi connectivity index (χ3v) is 11.9. The zero-order valence-corrected chi connectivity index (χ0v) is 34.8. The highest BCUT2D eigenvalue weighted by atomic mass is 16.5. The number of hydrogen-bond acceptors (Lipinski definition) is 10. The maximum atomic E-state index is 13.7. The third-order valence-electron chi connectivity index (χ3n) is 11.9. The summed E-state index contributed by atoms with van der Waals surface area (Å²) >= 11 is 0. The second kappa shape index (κ2) is 16.7. The molecular weight excluding hydrogens is 769 g/mol. The molecule has 1 unspecified atom stereocenters. The summed E-state index contributed by atoms with van der Waals surface area (Å²) in [5.74, 6) is 2.29. The molecule has 4 amide bonds. The maximum Gasteiger partial charge on any atom is 0.407 e. The molecule has 2 fully saturated rings. The highest BCUT2D eigenvalue weighted by molar-refractivity contribution is 5.93. The molecule has 316 valence electrons. The SMILES string of the molecule is COC(=O)NC(C(=O)N1CCC[C@H]1c1ncc(-c2ccc3oc4c(c3c2)CCOc2cc(-c3cnc([C@@H]5CCCN5C(=O)[C@@H](NC(=O)OC)C(C)C)[nH]3)ccc2-4)[nH]1)C(C)C. The van der Waals surface area contributed by atoms with Gasteiger partial charge >= 0.3 is 12.2 Å². The number of alkyl carbamates (subject to hydrolysis) is 2. The zero-order chi connectivity index (χ0) is 42.2. The van der Waals surface area contributed by atoms with Crippen molar-refractivity contribution < 1.29 is 37.8 Å². The van der Waals surface area contributed by atoms with E-state index in [-0.39, 0.29) is 35.7 Å². The Morgan fingerprint density at radius 3 is 1.83 bits per heavy atom. The molecular formula is C44H52N8O8. The van der Waals surface area contributed by atoms with Gasteiger partial charge in [0.25, 0.3) is 0 Å². The fraction of sp³-hybridized carbons (Fsp3) is 0.455. The van der Waals surface area contributed by atoms with Gasteiger partial charge in [-0.15, -0.1) is 0 Å². The van der Waals surface area contributed by atoms with E-state index < -0.39 is 24.3 Å². The number of rotatable bonds is 10. The van der Waals surface area contributed by atoms with Crippen LogP contribution < -0.4 is 15.4 Å². The first-order valence-electron chi connectivity index (χ1n) is 20.7. The van der Waals surface area contributed by atoms with Crippen LogP contribution in [0.3, 0.4) is 0 Å². The molecule has 60 heavy (non-hydrogen) atoms. The Bertz CT molecular complexity index is 2410. The van der Waals surface area contributed by atoms with Crippen LogP contribution in [0.2, 0.25) is 0 Å². The fourth-order valence-corrected chi connectivity index (χ4v) is 8.73. The number of methoxy groups -OCH3 is 2. The highest BCUT2D eigenvalue weighted by Gasteiger charge is 2.39. The van der Waals surface area contributed by atoms with E-state index >= 15 is 0 Å². The quantitative estimate of drug-likeness (QED) is 0.115. The molecule has 3 aliphatic heterocycles. The highest BCUT2D eigenvalue weighted by Crippen LogP contribution is 2.44. The summed E-state index contributed by atoms with van der Waals surface area (Å²) in [6.45, 7) is 9.19. The number of fused-ring (bicyclic) bond motifs is 5. The smallest absolute Gasteiger partial charge is 0.407 e. The van der Waals surface area contributed by atoms with Crippen molar-refractivity contribution in [3.63, 3.8) is 0 Å².